The molecule has 0 amide bonds. The van der Waals surface area contributed by atoms with Crippen LogP contribution in [0, 0.1) is 13.0 Å². The maximum atomic E-state index is 9.65. The van der Waals surface area contributed by atoms with Gasteiger partial charge in [-0.25, -0.2) is 11.3 Å². The second kappa shape index (κ2) is 14.3. The molecular formula is C24H41Cl2OSi2Ti-2. The van der Waals surface area contributed by atoms with Crippen LogP contribution in [0.4, 0.5) is 0 Å². The molecule has 0 spiro atoms. The van der Waals surface area contributed by atoms with E-state index in [1.54, 1.807) is 0 Å². The molecule has 1 aliphatic rings. The standard InChI is InChI=1S/C13H22OSi.C8H13Si.C3H6.2ClH.Ti/c1-10-7-11(14)9-12(8-10)15(5,6)13(2,3)4;1-9(2,3)8-6-4-5-7-8;1-3-2;;;/h7-9,14H,1-6H3;4,6H,5H2,1-3H3;1-2H3;2*1H;/q;-1;;;;+1/p-2. The molecule has 1 N–H and O–H groups in total. The van der Waals surface area contributed by atoms with Gasteiger partial charge in [-0.3, -0.25) is 6.08 Å². The van der Waals surface area contributed by atoms with Gasteiger partial charge >= 0.3 is 37.6 Å². The number of phenolic OH excluding ortho intramolecular Hbond substituents is 1. The summed E-state index contributed by atoms with van der Waals surface area (Å²) in [4.78, 5) is 0. The second-order valence-electron chi connectivity index (χ2n) is 10.4. The maximum absolute atomic E-state index is 9.65. The van der Waals surface area contributed by atoms with Crippen LogP contribution >= 0.6 is 0 Å². The monoisotopic (exact) mass is 519 g/mol. The molecule has 0 aliphatic heterocycles. The average molecular weight is 521 g/mol. The quantitative estimate of drug-likeness (QED) is 0.451. The molecule has 0 radical (unpaired) electrons. The molecule has 30 heavy (non-hydrogen) atoms. The van der Waals surface area contributed by atoms with Crippen LogP contribution in [0.15, 0.2) is 35.5 Å². The van der Waals surface area contributed by atoms with Crippen molar-refractivity contribution in [3.63, 3.8) is 0 Å². The first-order valence-electron chi connectivity index (χ1n) is 10.1. The number of allylic oxidation sites excluding steroid dienone is 4. The van der Waals surface area contributed by atoms with Gasteiger partial charge in [-0.1, -0.05) is 64.8 Å². The molecular weight excluding hydrogens is 479 g/mol. The number of phenols is 1. The molecule has 0 saturated carbocycles. The van der Waals surface area contributed by atoms with Gasteiger partial charge in [-0.2, -0.15) is 6.08 Å². The van der Waals surface area contributed by atoms with E-state index in [0.717, 1.165) is 12.0 Å². The van der Waals surface area contributed by atoms with Crippen molar-refractivity contribution in [1.82, 2.24) is 0 Å². The van der Waals surface area contributed by atoms with Crippen molar-refractivity contribution in [2.45, 2.75) is 85.7 Å². The molecule has 171 valence electrons. The topological polar surface area (TPSA) is 20.2 Å². The third kappa shape index (κ3) is 12.8. The minimum atomic E-state index is -1.50. The molecule has 2 rings (SSSR count). The van der Waals surface area contributed by atoms with Gasteiger partial charge in [0.2, 0.25) is 0 Å². The van der Waals surface area contributed by atoms with E-state index in [0.29, 0.717) is 10.8 Å². The van der Waals surface area contributed by atoms with Crippen LogP contribution in [-0.4, -0.2) is 25.1 Å². The van der Waals surface area contributed by atoms with Crippen LogP contribution in [0.5, 0.6) is 5.75 Å². The third-order valence-electron chi connectivity index (χ3n) is 5.16. The van der Waals surface area contributed by atoms with E-state index >= 15 is 0 Å². The Labute approximate surface area is 212 Å². The van der Waals surface area contributed by atoms with Gasteiger partial charge in [0.05, 0.1) is 8.07 Å². The zero-order valence-corrected chi connectivity index (χ0v) is 25.9. The molecule has 0 bridgehead atoms. The van der Waals surface area contributed by atoms with E-state index in [2.05, 4.69) is 112 Å². The van der Waals surface area contributed by atoms with E-state index in [4.69, 9.17) is 0 Å². The number of hydrogen-bond acceptors (Lipinski definition) is 1. The van der Waals surface area contributed by atoms with Crippen molar-refractivity contribution < 1.29 is 49.9 Å². The van der Waals surface area contributed by atoms with Gasteiger partial charge in [-0.15, -0.1) is 6.42 Å². The Morgan fingerprint density at radius 3 is 1.73 bits per heavy atom. The molecule has 0 aromatic heterocycles. The SMILES string of the molecule is C[C](C)=[Ti+].C[Si](C)(C)C1=[C-]CC=C1.Cc1cc(O)cc([Si](C)(C)C(C)(C)C)c1.[Cl-].[Cl-]. The predicted octanol–water partition coefficient (Wildman–Crippen LogP) is 0.723. The molecule has 1 aromatic rings. The number of aryl methyl sites for hydroxylation is 1. The zero-order chi connectivity index (χ0) is 22.3. The van der Waals surface area contributed by atoms with Crippen molar-refractivity contribution in [1.29, 1.82) is 0 Å². The van der Waals surface area contributed by atoms with Crippen molar-refractivity contribution in [3.8, 4) is 5.75 Å². The first-order valence-corrected chi connectivity index (χ1v) is 17.4. The largest absolute Gasteiger partial charge is 1.00 e. The molecule has 0 saturated heterocycles. The normalized spacial score (nSPS) is 12.9. The summed E-state index contributed by atoms with van der Waals surface area (Å²) in [5, 5.41) is 12.8. The summed E-state index contributed by atoms with van der Waals surface area (Å²) in [5.74, 6) is 0.398. The molecule has 6 heteroatoms. The Bertz CT molecular complexity index is 703. The van der Waals surface area contributed by atoms with Gasteiger partial charge in [0.25, 0.3) is 0 Å². The molecule has 1 nitrogen and oxygen atoms in total. The Morgan fingerprint density at radius 1 is 1.00 bits per heavy atom. The van der Waals surface area contributed by atoms with Crippen molar-refractivity contribution in [2.75, 3.05) is 0 Å². The van der Waals surface area contributed by atoms with Crippen molar-refractivity contribution >= 4 is 25.1 Å². The van der Waals surface area contributed by atoms with Crippen LogP contribution in [0.1, 0.15) is 46.6 Å². The molecule has 0 heterocycles. The summed E-state index contributed by atoms with van der Waals surface area (Å²) in [6.07, 6.45) is 8.82. The van der Waals surface area contributed by atoms with Gasteiger partial charge < -0.3 is 29.9 Å². The maximum Gasteiger partial charge on any atom is 0.115 e. The molecule has 1 aromatic carbocycles. The number of rotatable bonds is 2. The fourth-order valence-electron chi connectivity index (χ4n) is 2.48. The smallest absolute Gasteiger partial charge is 0.115 e. The van der Waals surface area contributed by atoms with E-state index in [1.165, 1.54) is 14.2 Å². The van der Waals surface area contributed by atoms with Gasteiger partial charge in [0, 0.05) is 8.07 Å². The molecule has 1 aliphatic carbocycles. The summed E-state index contributed by atoms with van der Waals surface area (Å²) in [6, 6.07) is 5.97. The van der Waals surface area contributed by atoms with Crippen molar-refractivity contribution in [3.05, 3.63) is 47.2 Å². The average Bonchev–Trinajstić information content (AvgIpc) is 2.99. The number of hydrogen-bond donors (Lipinski definition) is 1. The van der Waals surface area contributed by atoms with Gasteiger partial charge in [0.1, 0.15) is 5.75 Å². The summed E-state index contributed by atoms with van der Waals surface area (Å²) < 4.78 is 1.42. The molecule has 0 atom stereocenters. The second-order valence-corrected chi connectivity index (χ2v) is 22.3. The van der Waals surface area contributed by atoms with Crippen LogP contribution in [0.3, 0.4) is 0 Å². The Morgan fingerprint density at radius 2 is 1.47 bits per heavy atom. The van der Waals surface area contributed by atoms with E-state index in [-0.39, 0.29) is 24.8 Å². The van der Waals surface area contributed by atoms with E-state index in [1.807, 2.05) is 19.1 Å². The van der Waals surface area contributed by atoms with E-state index < -0.39 is 16.1 Å². The molecule has 0 unspecified atom stereocenters. The fourth-order valence-corrected chi connectivity index (χ4v) is 5.69. The van der Waals surface area contributed by atoms with Gasteiger partial charge in [-0.05, 0) is 29.7 Å². The number of halogens is 2. The Hall–Kier alpha value is 0.0981. The number of benzene rings is 1. The van der Waals surface area contributed by atoms with Crippen LogP contribution in [0.2, 0.25) is 37.8 Å². The summed E-state index contributed by atoms with van der Waals surface area (Å²) in [6.45, 7) is 24.9. The Kier molecular flexibility index (Phi) is 16.5. The van der Waals surface area contributed by atoms with E-state index in [9.17, 15) is 5.11 Å². The summed E-state index contributed by atoms with van der Waals surface area (Å²) in [7, 11) is -2.51. The third-order valence-corrected chi connectivity index (χ3v) is 12.6. The molecule has 0 fully saturated rings. The van der Waals surface area contributed by atoms with Gasteiger partial charge in [0.15, 0.2) is 0 Å². The minimum absolute atomic E-state index is 0. The summed E-state index contributed by atoms with van der Waals surface area (Å²) in [5.41, 5.74) is 1.15. The van der Waals surface area contributed by atoms with Crippen LogP contribution < -0.4 is 30.0 Å². The zero-order valence-electron chi connectivity index (χ0n) is 20.8. The van der Waals surface area contributed by atoms with Crippen LogP contribution in [0.25, 0.3) is 0 Å². The van der Waals surface area contributed by atoms with Crippen molar-refractivity contribution in [2.24, 2.45) is 0 Å². The first kappa shape index (κ1) is 34.7. The predicted molar refractivity (Wildman–Crippen MR) is 130 cm³/mol. The fraction of sp³-hybridized carbons (Fsp3) is 0.542. The van der Waals surface area contributed by atoms with Crippen LogP contribution in [-0.2, 0) is 20.0 Å². The Balaban J connectivity index is -0.000000417. The summed E-state index contributed by atoms with van der Waals surface area (Å²) >= 11 is 2.08. The first-order chi connectivity index (χ1) is 12.5. The number of aromatic hydroxyl groups is 1. The minimum Gasteiger partial charge on any atom is -1.00 e.